The molecular formula is C17H20BrN3O3. The van der Waals surface area contributed by atoms with Crippen LogP contribution in [0.5, 0.6) is 0 Å². The molecule has 3 amide bonds. The van der Waals surface area contributed by atoms with Crippen molar-refractivity contribution in [2.75, 3.05) is 26.2 Å². The number of benzene rings is 1. The largest absolute Gasteiger partial charge is 0.354 e. The molecule has 2 N–H and O–H groups in total. The van der Waals surface area contributed by atoms with Crippen molar-refractivity contribution in [2.45, 2.75) is 19.8 Å². The molecule has 0 aliphatic carbocycles. The number of fused-ring (bicyclic) bond motifs is 1. The van der Waals surface area contributed by atoms with E-state index in [0.29, 0.717) is 17.7 Å². The number of carbonyl (C=O) groups excluding carboxylic acids is 3. The molecule has 0 bridgehead atoms. The topological polar surface area (TPSA) is 78.5 Å². The van der Waals surface area contributed by atoms with Crippen molar-refractivity contribution in [1.29, 1.82) is 0 Å². The average molecular weight is 394 g/mol. The second kappa shape index (κ2) is 6.64. The van der Waals surface area contributed by atoms with E-state index >= 15 is 0 Å². The Hall–Kier alpha value is -1.73. The SMILES string of the molecule is CC1(CNC(=O)CN2C(=O)c3ccc(Br)cc3C2=O)CCNCC1. The molecule has 1 aromatic rings. The molecule has 0 aromatic heterocycles. The first-order chi connectivity index (χ1) is 11.4. The molecule has 6 nitrogen and oxygen atoms in total. The van der Waals surface area contributed by atoms with Crippen LogP contribution in [-0.4, -0.2) is 48.8 Å². The minimum absolute atomic E-state index is 0.0633. The second-order valence-electron chi connectivity index (χ2n) is 6.72. The van der Waals surface area contributed by atoms with Crippen LogP contribution in [0.25, 0.3) is 0 Å². The van der Waals surface area contributed by atoms with Crippen LogP contribution in [0.15, 0.2) is 22.7 Å². The van der Waals surface area contributed by atoms with Crippen LogP contribution < -0.4 is 10.6 Å². The van der Waals surface area contributed by atoms with Crippen molar-refractivity contribution >= 4 is 33.7 Å². The van der Waals surface area contributed by atoms with Crippen molar-refractivity contribution in [1.82, 2.24) is 15.5 Å². The van der Waals surface area contributed by atoms with Gasteiger partial charge in [-0.1, -0.05) is 22.9 Å². The molecule has 1 aromatic carbocycles. The minimum atomic E-state index is -0.417. The van der Waals surface area contributed by atoms with E-state index in [1.807, 2.05) is 0 Å². The first-order valence-corrected chi connectivity index (χ1v) is 8.82. The van der Waals surface area contributed by atoms with Crippen LogP contribution in [0.4, 0.5) is 0 Å². The van der Waals surface area contributed by atoms with Crippen LogP contribution in [-0.2, 0) is 4.79 Å². The lowest BCUT2D eigenvalue weighted by Crippen LogP contribution is -2.46. The molecule has 0 radical (unpaired) electrons. The van der Waals surface area contributed by atoms with E-state index in [1.54, 1.807) is 18.2 Å². The summed E-state index contributed by atoms with van der Waals surface area (Å²) >= 11 is 3.29. The molecular weight excluding hydrogens is 374 g/mol. The summed E-state index contributed by atoms with van der Waals surface area (Å²) in [7, 11) is 0. The Kier molecular flexibility index (Phi) is 4.73. The van der Waals surface area contributed by atoms with Gasteiger partial charge in [0.05, 0.1) is 11.1 Å². The summed E-state index contributed by atoms with van der Waals surface area (Å²) in [6.45, 7) is 4.35. The molecule has 0 unspecified atom stereocenters. The van der Waals surface area contributed by atoms with Gasteiger partial charge in [0.25, 0.3) is 11.8 Å². The van der Waals surface area contributed by atoms with Gasteiger partial charge in [-0.2, -0.15) is 0 Å². The molecule has 24 heavy (non-hydrogen) atoms. The predicted molar refractivity (Wildman–Crippen MR) is 92.7 cm³/mol. The maximum atomic E-state index is 12.4. The van der Waals surface area contributed by atoms with E-state index < -0.39 is 11.8 Å². The van der Waals surface area contributed by atoms with E-state index in [-0.39, 0.29) is 17.9 Å². The third-order valence-corrected chi connectivity index (χ3v) is 5.25. The number of nitrogens with zero attached hydrogens (tertiary/aromatic N) is 1. The number of hydrogen-bond donors (Lipinski definition) is 2. The second-order valence-corrected chi connectivity index (χ2v) is 7.64. The third kappa shape index (κ3) is 3.37. The van der Waals surface area contributed by atoms with Crippen LogP contribution in [0.2, 0.25) is 0 Å². The fraction of sp³-hybridized carbons (Fsp3) is 0.471. The van der Waals surface area contributed by atoms with E-state index in [9.17, 15) is 14.4 Å². The number of rotatable bonds is 4. The maximum Gasteiger partial charge on any atom is 0.262 e. The van der Waals surface area contributed by atoms with Gasteiger partial charge in [-0.05, 0) is 49.5 Å². The Bertz CT molecular complexity index is 698. The first kappa shape index (κ1) is 17.1. The lowest BCUT2D eigenvalue weighted by atomic mass is 9.81. The van der Waals surface area contributed by atoms with Gasteiger partial charge in [0.1, 0.15) is 6.54 Å². The smallest absolute Gasteiger partial charge is 0.262 e. The highest BCUT2D eigenvalue weighted by molar-refractivity contribution is 9.10. The van der Waals surface area contributed by atoms with E-state index in [2.05, 4.69) is 33.5 Å². The molecule has 2 aliphatic rings. The summed E-state index contributed by atoms with van der Waals surface area (Å²) in [6.07, 6.45) is 1.99. The summed E-state index contributed by atoms with van der Waals surface area (Å²) in [5.41, 5.74) is 0.752. The third-order valence-electron chi connectivity index (χ3n) is 4.76. The molecule has 2 aliphatic heterocycles. The van der Waals surface area contributed by atoms with Crippen LogP contribution in [0, 0.1) is 5.41 Å². The van der Waals surface area contributed by atoms with Crippen molar-refractivity contribution in [3.05, 3.63) is 33.8 Å². The summed E-state index contributed by atoms with van der Waals surface area (Å²) < 4.78 is 0.729. The van der Waals surface area contributed by atoms with Crippen molar-refractivity contribution < 1.29 is 14.4 Å². The maximum absolute atomic E-state index is 12.4. The number of halogens is 1. The molecule has 2 heterocycles. The number of carbonyl (C=O) groups is 3. The van der Waals surface area contributed by atoms with Gasteiger partial charge in [0.2, 0.25) is 5.91 Å². The van der Waals surface area contributed by atoms with Gasteiger partial charge in [0, 0.05) is 11.0 Å². The molecule has 3 rings (SSSR count). The van der Waals surface area contributed by atoms with Gasteiger partial charge in [-0.25, -0.2) is 0 Å². The number of amides is 3. The predicted octanol–water partition coefficient (Wildman–Crippen LogP) is 1.55. The van der Waals surface area contributed by atoms with Crippen molar-refractivity contribution in [3.8, 4) is 0 Å². The Morgan fingerprint density at radius 1 is 1.25 bits per heavy atom. The zero-order valence-electron chi connectivity index (χ0n) is 13.5. The van der Waals surface area contributed by atoms with Crippen LogP contribution in [0.3, 0.4) is 0 Å². The Balaban J connectivity index is 1.61. The number of nitrogens with one attached hydrogen (secondary N) is 2. The summed E-state index contributed by atoms with van der Waals surface area (Å²) in [6, 6.07) is 4.93. The molecule has 1 fully saturated rings. The standard InChI is InChI=1S/C17H20BrN3O3/c1-17(4-6-19-7-5-17)10-20-14(22)9-21-15(23)12-3-2-11(18)8-13(12)16(21)24/h2-3,8,19H,4-7,9-10H2,1H3,(H,20,22). The normalized spacial score (nSPS) is 19.3. The number of imide groups is 1. The average Bonchev–Trinajstić information content (AvgIpc) is 2.78. The zero-order valence-corrected chi connectivity index (χ0v) is 15.1. The summed E-state index contributed by atoms with van der Waals surface area (Å²) in [4.78, 5) is 37.9. The van der Waals surface area contributed by atoms with Crippen molar-refractivity contribution in [2.24, 2.45) is 5.41 Å². The van der Waals surface area contributed by atoms with E-state index in [4.69, 9.17) is 0 Å². The number of piperidine rings is 1. The van der Waals surface area contributed by atoms with Gasteiger partial charge >= 0.3 is 0 Å². The van der Waals surface area contributed by atoms with E-state index in [0.717, 1.165) is 35.3 Å². The van der Waals surface area contributed by atoms with Crippen LogP contribution >= 0.6 is 15.9 Å². The Morgan fingerprint density at radius 3 is 2.62 bits per heavy atom. The lowest BCUT2D eigenvalue weighted by molar-refractivity contribution is -0.122. The highest BCUT2D eigenvalue weighted by Crippen LogP contribution is 2.27. The highest BCUT2D eigenvalue weighted by Gasteiger charge is 2.37. The van der Waals surface area contributed by atoms with Crippen molar-refractivity contribution in [3.63, 3.8) is 0 Å². The number of hydrogen-bond acceptors (Lipinski definition) is 4. The molecule has 7 heteroatoms. The molecule has 128 valence electrons. The fourth-order valence-corrected chi connectivity index (χ4v) is 3.49. The molecule has 0 spiro atoms. The highest BCUT2D eigenvalue weighted by atomic mass is 79.9. The van der Waals surface area contributed by atoms with Gasteiger partial charge in [-0.3, -0.25) is 19.3 Å². The van der Waals surface area contributed by atoms with Gasteiger partial charge < -0.3 is 10.6 Å². The summed E-state index contributed by atoms with van der Waals surface area (Å²) in [5.74, 6) is -1.13. The minimum Gasteiger partial charge on any atom is -0.354 e. The quantitative estimate of drug-likeness (QED) is 0.760. The fourth-order valence-electron chi connectivity index (χ4n) is 3.13. The molecule has 1 saturated heterocycles. The first-order valence-electron chi connectivity index (χ1n) is 8.03. The Morgan fingerprint density at radius 2 is 1.92 bits per heavy atom. The molecule has 0 saturated carbocycles. The molecule has 0 atom stereocenters. The van der Waals surface area contributed by atoms with Gasteiger partial charge in [0.15, 0.2) is 0 Å². The van der Waals surface area contributed by atoms with Crippen LogP contribution in [0.1, 0.15) is 40.5 Å². The monoisotopic (exact) mass is 393 g/mol. The van der Waals surface area contributed by atoms with E-state index in [1.165, 1.54) is 0 Å². The van der Waals surface area contributed by atoms with Gasteiger partial charge in [-0.15, -0.1) is 0 Å². The Labute approximate surface area is 149 Å². The summed E-state index contributed by atoms with van der Waals surface area (Å²) in [5, 5.41) is 6.18. The zero-order chi connectivity index (χ0) is 17.3. The lowest BCUT2D eigenvalue weighted by Gasteiger charge is -2.34.